The molecule has 0 aliphatic rings. The third kappa shape index (κ3) is 2.73. The van der Waals surface area contributed by atoms with Crippen LogP contribution in [0.5, 0.6) is 0 Å². The van der Waals surface area contributed by atoms with E-state index in [0.29, 0.717) is 22.1 Å². The molecule has 0 saturated carbocycles. The lowest BCUT2D eigenvalue weighted by Gasteiger charge is -2.05. The van der Waals surface area contributed by atoms with Gasteiger partial charge in [0.05, 0.1) is 16.8 Å². The van der Waals surface area contributed by atoms with Crippen LogP contribution >= 0.6 is 23.3 Å². The van der Waals surface area contributed by atoms with Gasteiger partial charge in [0.1, 0.15) is 11.5 Å². The van der Waals surface area contributed by atoms with Crippen LogP contribution in [0.4, 0.5) is 10.2 Å². The molecule has 2 rings (SSSR count). The van der Waals surface area contributed by atoms with Crippen molar-refractivity contribution in [1.82, 2.24) is 8.75 Å². The van der Waals surface area contributed by atoms with Crippen LogP contribution < -0.4 is 5.32 Å². The molecule has 0 saturated heterocycles. The number of nitrogens with zero attached hydrogens (tertiary/aromatic N) is 2. The van der Waals surface area contributed by atoms with Crippen LogP contribution in [0, 0.1) is 5.82 Å². The van der Waals surface area contributed by atoms with Crippen molar-refractivity contribution in [3.63, 3.8) is 0 Å². The highest BCUT2D eigenvalue weighted by Crippen LogP contribution is 2.32. The van der Waals surface area contributed by atoms with Gasteiger partial charge >= 0.3 is 0 Å². The molecule has 0 atom stereocenters. The molecule has 90 valence electrons. The van der Waals surface area contributed by atoms with Crippen LogP contribution in [0.2, 0.25) is 5.02 Å². The highest BCUT2D eigenvalue weighted by atomic mass is 35.5. The van der Waals surface area contributed by atoms with Crippen molar-refractivity contribution in [1.29, 1.82) is 0 Å². The number of rotatable bonds is 4. The van der Waals surface area contributed by atoms with Crippen molar-refractivity contribution in [3.8, 4) is 11.3 Å². The van der Waals surface area contributed by atoms with Crippen LogP contribution in [-0.4, -0.2) is 15.3 Å². The largest absolute Gasteiger partial charge is 0.367 e. The Bertz CT molecular complexity index is 515. The topological polar surface area (TPSA) is 37.8 Å². The van der Waals surface area contributed by atoms with Gasteiger partial charge in [-0.1, -0.05) is 18.5 Å². The van der Waals surface area contributed by atoms with Gasteiger partial charge in [0, 0.05) is 12.1 Å². The molecular formula is C11H11ClFN3S. The lowest BCUT2D eigenvalue weighted by atomic mass is 10.1. The Morgan fingerprint density at radius 1 is 1.41 bits per heavy atom. The van der Waals surface area contributed by atoms with Gasteiger partial charge in [0.15, 0.2) is 5.82 Å². The monoisotopic (exact) mass is 271 g/mol. The molecule has 0 fully saturated rings. The minimum atomic E-state index is -0.356. The number of halogens is 2. The molecule has 0 amide bonds. The van der Waals surface area contributed by atoms with Gasteiger partial charge in [-0.15, -0.1) is 0 Å². The van der Waals surface area contributed by atoms with E-state index in [1.54, 1.807) is 6.07 Å². The average molecular weight is 272 g/mol. The van der Waals surface area contributed by atoms with Gasteiger partial charge in [-0.2, -0.15) is 8.75 Å². The molecule has 1 aromatic carbocycles. The van der Waals surface area contributed by atoms with Crippen molar-refractivity contribution in [2.45, 2.75) is 13.3 Å². The van der Waals surface area contributed by atoms with Crippen molar-refractivity contribution < 1.29 is 4.39 Å². The Labute approximate surface area is 108 Å². The van der Waals surface area contributed by atoms with Crippen molar-refractivity contribution in [2.24, 2.45) is 0 Å². The summed E-state index contributed by atoms with van der Waals surface area (Å²) in [5, 5.41) is 3.51. The Hall–Kier alpha value is -1.20. The summed E-state index contributed by atoms with van der Waals surface area (Å²) in [5.74, 6) is 0.343. The fourth-order valence-electron chi connectivity index (χ4n) is 1.41. The average Bonchev–Trinajstić information content (AvgIpc) is 2.74. The summed E-state index contributed by atoms with van der Waals surface area (Å²) in [5.41, 5.74) is 1.37. The Morgan fingerprint density at radius 2 is 2.24 bits per heavy atom. The maximum absolute atomic E-state index is 13.0. The third-order valence-electron chi connectivity index (χ3n) is 2.22. The zero-order chi connectivity index (χ0) is 12.3. The molecule has 0 unspecified atom stereocenters. The summed E-state index contributed by atoms with van der Waals surface area (Å²) in [6, 6.07) is 4.26. The number of benzene rings is 1. The first-order chi connectivity index (χ1) is 8.22. The predicted molar refractivity (Wildman–Crippen MR) is 69.1 cm³/mol. The van der Waals surface area contributed by atoms with Gasteiger partial charge in [0.2, 0.25) is 0 Å². The van der Waals surface area contributed by atoms with E-state index >= 15 is 0 Å². The van der Waals surface area contributed by atoms with E-state index in [9.17, 15) is 4.39 Å². The molecule has 2 aromatic rings. The molecule has 1 heterocycles. The quantitative estimate of drug-likeness (QED) is 0.919. The molecule has 6 heteroatoms. The SMILES string of the molecule is CCCNc1nsnc1-c1ccc(F)cc1Cl. The predicted octanol–water partition coefficient (Wildman–Crippen LogP) is 3.82. The number of aromatic nitrogens is 2. The van der Waals surface area contributed by atoms with E-state index in [0.717, 1.165) is 24.7 Å². The summed E-state index contributed by atoms with van der Waals surface area (Å²) in [4.78, 5) is 0. The second-order valence-electron chi connectivity index (χ2n) is 3.51. The second-order valence-corrected chi connectivity index (χ2v) is 4.45. The first kappa shape index (κ1) is 12.3. The summed E-state index contributed by atoms with van der Waals surface area (Å²) >= 11 is 7.11. The molecule has 0 bridgehead atoms. The Morgan fingerprint density at radius 3 is 2.94 bits per heavy atom. The maximum Gasteiger partial charge on any atom is 0.168 e. The number of hydrogen-bond donors (Lipinski definition) is 1. The van der Waals surface area contributed by atoms with Gasteiger partial charge < -0.3 is 5.32 Å². The molecule has 1 aromatic heterocycles. The van der Waals surface area contributed by atoms with Crippen molar-refractivity contribution >= 4 is 29.1 Å². The second kappa shape index (κ2) is 5.42. The van der Waals surface area contributed by atoms with Crippen LogP contribution in [0.3, 0.4) is 0 Å². The molecule has 0 spiro atoms. The summed E-state index contributed by atoms with van der Waals surface area (Å²) < 4.78 is 21.3. The molecule has 0 aliphatic heterocycles. The highest BCUT2D eigenvalue weighted by molar-refractivity contribution is 6.99. The van der Waals surface area contributed by atoms with Gasteiger partial charge in [-0.05, 0) is 24.6 Å². The fraction of sp³-hybridized carbons (Fsp3) is 0.273. The molecule has 17 heavy (non-hydrogen) atoms. The van der Waals surface area contributed by atoms with E-state index in [1.165, 1.54) is 12.1 Å². The zero-order valence-electron chi connectivity index (χ0n) is 9.20. The number of nitrogens with one attached hydrogen (secondary N) is 1. The van der Waals surface area contributed by atoms with Crippen LogP contribution in [-0.2, 0) is 0 Å². The van der Waals surface area contributed by atoms with Crippen LogP contribution in [0.25, 0.3) is 11.3 Å². The summed E-state index contributed by atoms with van der Waals surface area (Å²) in [6.07, 6.45) is 0.994. The highest BCUT2D eigenvalue weighted by Gasteiger charge is 2.13. The standard InChI is InChI=1S/C11H11ClFN3S/c1-2-5-14-11-10(15-17-16-11)8-4-3-7(13)6-9(8)12/h3-4,6H,2,5H2,1H3,(H,14,16). The maximum atomic E-state index is 13.0. The Balaban J connectivity index is 2.35. The zero-order valence-corrected chi connectivity index (χ0v) is 10.8. The Kier molecular flexibility index (Phi) is 3.91. The van der Waals surface area contributed by atoms with E-state index in [-0.39, 0.29) is 5.82 Å². The van der Waals surface area contributed by atoms with E-state index in [2.05, 4.69) is 21.0 Å². The van der Waals surface area contributed by atoms with Gasteiger partial charge in [0.25, 0.3) is 0 Å². The molecule has 1 N–H and O–H groups in total. The minimum Gasteiger partial charge on any atom is -0.367 e. The van der Waals surface area contributed by atoms with Gasteiger partial charge in [-0.25, -0.2) is 4.39 Å². The molecular weight excluding hydrogens is 261 g/mol. The first-order valence-corrected chi connectivity index (χ1v) is 6.35. The molecule has 3 nitrogen and oxygen atoms in total. The third-order valence-corrected chi connectivity index (χ3v) is 3.06. The number of hydrogen-bond acceptors (Lipinski definition) is 4. The first-order valence-electron chi connectivity index (χ1n) is 5.24. The van der Waals surface area contributed by atoms with Crippen LogP contribution in [0.1, 0.15) is 13.3 Å². The van der Waals surface area contributed by atoms with Crippen molar-refractivity contribution in [2.75, 3.05) is 11.9 Å². The summed E-state index contributed by atoms with van der Waals surface area (Å²) in [7, 11) is 0. The lowest BCUT2D eigenvalue weighted by molar-refractivity contribution is 0.628. The lowest BCUT2D eigenvalue weighted by Crippen LogP contribution is -2.01. The van der Waals surface area contributed by atoms with E-state index in [1.807, 2.05) is 0 Å². The number of anilines is 1. The van der Waals surface area contributed by atoms with Crippen molar-refractivity contribution in [3.05, 3.63) is 29.0 Å². The van der Waals surface area contributed by atoms with E-state index < -0.39 is 0 Å². The summed E-state index contributed by atoms with van der Waals surface area (Å²) in [6.45, 7) is 2.88. The smallest absolute Gasteiger partial charge is 0.168 e. The normalized spacial score (nSPS) is 10.5. The molecule has 0 aliphatic carbocycles. The van der Waals surface area contributed by atoms with Crippen LogP contribution in [0.15, 0.2) is 18.2 Å². The molecule has 0 radical (unpaired) electrons. The minimum absolute atomic E-state index is 0.345. The fourth-order valence-corrected chi connectivity index (χ4v) is 2.20. The van der Waals surface area contributed by atoms with Gasteiger partial charge in [-0.3, -0.25) is 0 Å². The van der Waals surface area contributed by atoms with E-state index in [4.69, 9.17) is 11.6 Å².